The van der Waals surface area contributed by atoms with Gasteiger partial charge in [0.1, 0.15) is 0 Å². The van der Waals surface area contributed by atoms with Crippen molar-refractivity contribution in [1.82, 2.24) is 14.4 Å². The predicted molar refractivity (Wildman–Crippen MR) is 81.7 cm³/mol. The third-order valence-electron chi connectivity index (χ3n) is 4.82. The summed E-state index contributed by atoms with van der Waals surface area (Å²) in [5.41, 5.74) is -0.330. The first kappa shape index (κ1) is 16.3. The van der Waals surface area contributed by atoms with Crippen molar-refractivity contribution >= 4 is 15.9 Å². The van der Waals surface area contributed by atoms with Gasteiger partial charge in [-0.1, -0.05) is 0 Å². The van der Waals surface area contributed by atoms with Crippen LogP contribution in [0.25, 0.3) is 0 Å². The Hall–Kier alpha value is -1.61. The molecule has 0 bridgehead atoms. The molecule has 0 radical (unpaired) electrons. The normalized spacial score (nSPS) is 21.7. The maximum absolute atomic E-state index is 12.4. The van der Waals surface area contributed by atoms with Gasteiger partial charge in [0.05, 0.1) is 19.4 Å². The van der Waals surface area contributed by atoms with E-state index in [2.05, 4.69) is 5.16 Å². The van der Waals surface area contributed by atoms with Crippen LogP contribution in [0.5, 0.6) is 5.88 Å². The van der Waals surface area contributed by atoms with Gasteiger partial charge in [-0.25, -0.2) is 8.42 Å². The Morgan fingerprint density at radius 2 is 2.00 bits per heavy atom. The van der Waals surface area contributed by atoms with E-state index in [1.807, 2.05) is 0 Å². The van der Waals surface area contributed by atoms with Crippen molar-refractivity contribution in [3.8, 4) is 5.88 Å². The predicted octanol–water partition coefficient (Wildman–Crippen LogP) is 0.713. The van der Waals surface area contributed by atoms with E-state index in [1.54, 1.807) is 9.21 Å². The molecule has 1 aromatic rings. The van der Waals surface area contributed by atoms with E-state index in [1.165, 1.54) is 19.4 Å². The summed E-state index contributed by atoms with van der Waals surface area (Å²) in [6.45, 7) is 1.59. The number of amides is 1. The molecule has 0 atom stereocenters. The Kier molecular flexibility index (Phi) is 4.09. The van der Waals surface area contributed by atoms with Crippen molar-refractivity contribution in [1.29, 1.82) is 0 Å². The van der Waals surface area contributed by atoms with Crippen molar-refractivity contribution < 1.29 is 22.5 Å². The zero-order valence-electron chi connectivity index (χ0n) is 13.3. The summed E-state index contributed by atoms with van der Waals surface area (Å²) in [6, 6.07) is 1.46. The lowest BCUT2D eigenvalue weighted by Crippen LogP contribution is -2.54. The molecule has 2 aliphatic rings. The molecule has 2 saturated heterocycles. The molecule has 1 aromatic heterocycles. The Morgan fingerprint density at radius 3 is 2.57 bits per heavy atom. The minimum absolute atomic E-state index is 0.143. The molecule has 8 nitrogen and oxygen atoms in total. The van der Waals surface area contributed by atoms with Crippen molar-refractivity contribution in [2.45, 2.75) is 31.2 Å². The van der Waals surface area contributed by atoms with Gasteiger partial charge in [-0.3, -0.25) is 4.79 Å². The van der Waals surface area contributed by atoms with Crippen molar-refractivity contribution in [2.75, 3.05) is 33.0 Å². The molecule has 23 heavy (non-hydrogen) atoms. The second-order valence-electron chi connectivity index (χ2n) is 6.19. The van der Waals surface area contributed by atoms with Gasteiger partial charge in [0, 0.05) is 25.2 Å². The van der Waals surface area contributed by atoms with Crippen molar-refractivity contribution in [3.05, 3.63) is 11.8 Å². The van der Waals surface area contributed by atoms with Gasteiger partial charge in [0.25, 0.3) is 11.8 Å². The van der Waals surface area contributed by atoms with Gasteiger partial charge in [-0.15, -0.1) is 0 Å². The highest BCUT2D eigenvalue weighted by Crippen LogP contribution is 2.40. The number of hydrogen-bond donors (Lipinski definition) is 0. The maximum Gasteiger partial charge on any atom is 0.292 e. The zero-order valence-corrected chi connectivity index (χ0v) is 14.1. The van der Waals surface area contributed by atoms with Crippen LogP contribution in [0.1, 0.15) is 36.2 Å². The van der Waals surface area contributed by atoms with Crippen molar-refractivity contribution in [2.24, 2.45) is 0 Å². The van der Waals surface area contributed by atoms with Gasteiger partial charge < -0.3 is 14.2 Å². The summed E-state index contributed by atoms with van der Waals surface area (Å²) in [5, 5.41) is 3.63. The van der Waals surface area contributed by atoms with Crippen molar-refractivity contribution in [3.63, 3.8) is 0 Å². The van der Waals surface area contributed by atoms with Crippen LogP contribution in [0.3, 0.4) is 0 Å². The van der Waals surface area contributed by atoms with E-state index in [0.717, 1.165) is 12.8 Å². The lowest BCUT2D eigenvalue weighted by Gasteiger charge is -2.43. The third kappa shape index (κ3) is 2.94. The Bertz CT molecular complexity index is 691. The third-order valence-corrected chi connectivity index (χ3v) is 6.19. The van der Waals surface area contributed by atoms with Crippen LogP contribution in [0.2, 0.25) is 0 Å². The first-order valence-electron chi connectivity index (χ1n) is 7.63. The van der Waals surface area contributed by atoms with Crippen LogP contribution in [0.15, 0.2) is 10.6 Å². The molecule has 0 N–H and O–H groups in total. The van der Waals surface area contributed by atoms with Crippen LogP contribution in [-0.4, -0.2) is 67.2 Å². The van der Waals surface area contributed by atoms with E-state index < -0.39 is 10.0 Å². The van der Waals surface area contributed by atoms with Gasteiger partial charge in [-0.2, -0.15) is 4.31 Å². The Balaban J connectivity index is 1.69. The SMILES string of the molecule is COc1cc(C(=O)N2CCC3(CCCN3S(C)(=O)=O)CC2)on1. The molecule has 9 heteroatoms. The van der Waals surface area contributed by atoms with E-state index in [0.29, 0.717) is 32.5 Å². The fraction of sp³-hybridized carbons (Fsp3) is 0.714. The number of carbonyl (C=O) groups excluding carboxylic acids is 1. The fourth-order valence-electron chi connectivity index (χ4n) is 3.67. The monoisotopic (exact) mass is 343 g/mol. The molecule has 0 aromatic carbocycles. The number of hydrogen-bond acceptors (Lipinski definition) is 6. The largest absolute Gasteiger partial charge is 0.479 e. The highest BCUT2D eigenvalue weighted by Gasteiger charge is 2.47. The number of ether oxygens (including phenoxy) is 1. The fourth-order valence-corrected chi connectivity index (χ4v) is 5.11. The molecule has 1 amide bonds. The molecular weight excluding hydrogens is 322 g/mol. The number of nitrogens with zero attached hydrogens (tertiary/aromatic N) is 3. The summed E-state index contributed by atoms with van der Waals surface area (Å²) in [4.78, 5) is 14.1. The summed E-state index contributed by atoms with van der Waals surface area (Å²) in [7, 11) is -1.76. The summed E-state index contributed by atoms with van der Waals surface area (Å²) in [5.74, 6) is 0.171. The second-order valence-corrected chi connectivity index (χ2v) is 8.10. The molecule has 2 fully saturated rings. The van der Waals surface area contributed by atoms with Crippen LogP contribution >= 0.6 is 0 Å². The average molecular weight is 343 g/mol. The lowest BCUT2D eigenvalue weighted by molar-refractivity contribution is 0.0549. The molecule has 3 rings (SSSR count). The number of aromatic nitrogens is 1. The van der Waals surface area contributed by atoms with Crippen LogP contribution in [-0.2, 0) is 10.0 Å². The second kappa shape index (κ2) is 5.79. The minimum Gasteiger partial charge on any atom is -0.479 e. The molecule has 0 unspecified atom stereocenters. The zero-order chi connectivity index (χ0) is 16.7. The van der Waals surface area contributed by atoms with Crippen LogP contribution in [0.4, 0.5) is 0 Å². The molecule has 3 heterocycles. The first-order valence-corrected chi connectivity index (χ1v) is 9.48. The number of likely N-dealkylation sites (tertiary alicyclic amines) is 1. The van der Waals surface area contributed by atoms with E-state index in [9.17, 15) is 13.2 Å². The molecule has 1 spiro atoms. The number of sulfonamides is 1. The van der Waals surface area contributed by atoms with E-state index in [4.69, 9.17) is 9.26 Å². The molecule has 0 aliphatic carbocycles. The highest BCUT2D eigenvalue weighted by atomic mass is 32.2. The maximum atomic E-state index is 12.4. The Morgan fingerprint density at radius 1 is 1.30 bits per heavy atom. The topological polar surface area (TPSA) is 93.0 Å². The standard InChI is InChI=1S/C14H21N3O5S/c1-21-12-10-11(22-15-12)13(18)16-8-5-14(6-9-16)4-3-7-17(14)23(2,19)20/h10H,3-9H2,1-2H3. The quantitative estimate of drug-likeness (QED) is 0.802. The Labute approximate surface area is 135 Å². The highest BCUT2D eigenvalue weighted by molar-refractivity contribution is 7.88. The number of methoxy groups -OCH3 is 1. The smallest absolute Gasteiger partial charge is 0.292 e. The molecular formula is C14H21N3O5S. The lowest BCUT2D eigenvalue weighted by atomic mass is 9.86. The van der Waals surface area contributed by atoms with Gasteiger partial charge in [0.15, 0.2) is 0 Å². The molecule has 0 saturated carbocycles. The summed E-state index contributed by atoms with van der Waals surface area (Å²) >= 11 is 0. The van der Waals surface area contributed by atoms with Gasteiger partial charge in [0.2, 0.25) is 15.8 Å². The molecule has 2 aliphatic heterocycles. The van der Waals surface area contributed by atoms with Crippen LogP contribution < -0.4 is 4.74 Å². The average Bonchev–Trinajstić information content (AvgIpc) is 3.14. The van der Waals surface area contributed by atoms with Crippen LogP contribution in [0, 0.1) is 0 Å². The number of rotatable bonds is 3. The van der Waals surface area contributed by atoms with E-state index in [-0.39, 0.29) is 23.1 Å². The van der Waals surface area contributed by atoms with Gasteiger partial charge >= 0.3 is 0 Å². The minimum atomic E-state index is -3.22. The van der Waals surface area contributed by atoms with Gasteiger partial charge in [-0.05, 0) is 30.8 Å². The number of carbonyl (C=O) groups is 1. The number of piperidine rings is 1. The first-order chi connectivity index (χ1) is 10.9. The summed E-state index contributed by atoms with van der Waals surface area (Å²) < 4.78 is 35.5. The summed E-state index contributed by atoms with van der Waals surface area (Å²) in [6.07, 6.45) is 4.30. The van der Waals surface area contributed by atoms with E-state index >= 15 is 0 Å². The molecule has 128 valence electrons.